The van der Waals surface area contributed by atoms with Gasteiger partial charge in [0.1, 0.15) is 11.9 Å². The first kappa shape index (κ1) is 18.7. The molecule has 3 aliphatic rings. The number of anilines is 1. The van der Waals surface area contributed by atoms with E-state index in [0.29, 0.717) is 0 Å². The highest BCUT2D eigenvalue weighted by Crippen LogP contribution is 2.37. The third-order valence-corrected chi connectivity index (χ3v) is 6.85. The van der Waals surface area contributed by atoms with Gasteiger partial charge in [0, 0.05) is 31.5 Å². The molecule has 2 aliphatic heterocycles. The van der Waals surface area contributed by atoms with Gasteiger partial charge in [-0.1, -0.05) is 30.7 Å². The molecule has 2 fully saturated rings. The van der Waals surface area contributed by atoms with Crippen LogP contribution in [0.25, 0.3) is 6.08 Å². The fourth-order valence-electron chi connectivity index (χ4n) is 5.29. The van der Waals surface area contributed by atoms with Crippen molar-refractivity contribution in [1.29, 1.82) is 0 Å². The van der Waals surface area contributed by atoms with E-state index in [4.69, 9.17) is 10.5 Å². The molecule has 0 amide bonds. The zero-order valence-corrected chi connectivity index (χ0v) is 17.0. The Kier molecular flexibility index (Phi) is 5.30. The number of nitrogens with two attached hydrogens (primary N) is 1. The minimum Gasteiger partial charge on any atom is -0.494 e. The van der Waals surface area contributed by atoms with Crippen molar-refractivity contribution in [2.45, 2.75) is 31.8 Å². The van der Waals surface area contributed by atoms with Gasteiger partial charge < -0.3 is 20.3 Å². The normalized spacial score (nSPS) is 25.8. The molecule has 2 heterocycles. The van der Waals surface area contributed by atoms with Gasteiger partial charge in [0.25, 0.3) is 0 Å². The van der Waals surface area contributed by atoms with Gasteiger partial charge in [0.2, 0.25) is 0 Å². The Morgan fingerprint density at radius 2 is 1.72 bits per heavy atom. The van der Waals surface area contributed by atoms with Crippen LogP contribution >= 0.6 is 0 Å². The van der Waals surface area contributed by atoms with Crippen LogP contribution in [0.2, 0.25) is 0 Å². The highest BCUT2D eigenvalue weighted by atomic mass is 16.5. The summed E-state index contributed by atoms with van der Waals surface area (Å²) >= 11 is 0. The van der Waals surface area contributed by atoms with Crippen LogP contribution in [0.5, 0.6) is 5.75 Å². The minimum atomic E-state index is -0.164. The van der Waals surface area contributed by atoms with E-state index >= 15 is 0 Å². The van der Waals surface area contributed by atoms with Gasteiger partial charge in [0.15, 0.2) is 0 Å². The third-order valence-electron chi connectivity index (χ3n) is 6.85. The van der Waals surface area contributed by atoms with E-state index in [2.05, 4.69) is 58.5 Å². The van der Waals surface area contributed by atoms with Gasteiger partial charge in [-0.3, -0.25) is 0 Å². The van der Waals surface area contributed by atoms with Crippen LogP contribution in [-0.2, 0) is 0 Å². The number of hydrogen-bond donors (Lipinski definition) is 1. The maximum atomic E-state index is 6.49. The lowest BCUT2D eigenvalue weighted by Gasteiger charge is -2.32. The summed E-state index contributed by atoms with van der Waals surface area (Å²) < 4.78 is 5.99. The maximum Gasteiger partial charge on any atom is 0.119 e. The van der Waals surface area contributed by atoms with E-state index in [-0.39, 0.29) is 6.17 Å². The summed E-state index contributed by atoms with van der Waals surface area (Å²) in [5.74, 6) is 2.89. The number of nitrogens with zero attached hydrogens (tertiary/aromatic N) is 2. The molecule has 3 unspecified atom stereocenters. The lowest BCUT2D eigenvalue weighted by atomic mass is 10.0. The molecule has 1 saturated heterocycles. The number of ether oxygens (including phenoxy) is 1. The standard InChI is InChI=1S/C25H31N3O/c26-25-24-8-2-1-5-19(24)13-15-28(25)22-9-11-23(12-10-22)29-16-4-14-27-17-20-6-3-7-21(20)18-27/h1-2,5,8-13,15,20-21,25H,3-4,6-7,14,16-18,26H2. The summed E-state index contributed by atoms with van der Waals surface area (Å²) in [4.78, 5) is 4.75. The zero-order valence-electron chi connectivity index (χ0n) is 17.0. The van der Waals surface area contributed by atoms with Crippen LogP contribution in [0.4, 0.5) is 5.69 Å². The van der Waals surface area contributed by atoms with Crippen LogP contribution in [0.15, 0.2) is 54.7 Å². The Hall–Kier alpha value is -2.30. The predicted octanol–water partition coefficient (Wildman–Crippen LogP) is 4.64. The summed E-state index contributed by atoms with van der Waals surface area (Å²) in [6, 6.07) is 16.6. The van der Waals surface area contributed by atoms with Crippen LogP contribution in [0.1, 0.15) is 43.0 Å². The molecule has 2 aromatic carbocycles. The van der Waals surface area contributed by atoms with E-state index in [1.165, 1.54) is 37.9 Å². The van der Waals surface area contributed by atoms with Crippen LogP contribution in [0.3, 0.4) is 0 Å². The van der Waals surface area contributed by atoms with Gasteiger partial charge in [-0.15, -0.1) is 0 Å². The fraction of sp³-hybridized carbons (Fsp3) is 0.440. The summed E-state index contributed by atoms with van der Waals surface area (Å²) in [5, 5.41) is 0. The lowest BCUT2D eigenvalue weighted by molar-refractivity contribution is 0.253. The second-order valence-corrected chi connectivity index (χ2v) is 8.70. The maximum absolute atomic E-state index is 6.49. The topological polar surface area (TPSA) is 41.7 Å². The third kappa shape index (κ3) is 3.92. The number of benzene rings is 2. The number of fused-ring (bicyclic) bond motifs is 2. The van der Waals surface area contributed by atoms with Gasteiger partial charge in [-0.25, -0.2) is 0 Å². The van der Waals surface area contributed by atoms with Crippen LogP contribution < -0.4 is 15.4 Å². The Balaban J connectivity index is 1.11. The smallest absolute Gasteiger partial charge is 0.119 e. The average Bonchev–Trinajstić information content (AvgIpc) is 3.34. The molecular weight excluding hydrogens is 358 g/mol. The number of hydrogen-bond acceptors (Lipinski definition) is 4. The molecule has 4 heteroatoms. The van der Waals surface area contributed by atoms with Crippen molar-refractivity contribution in [2.24, 2.45) is 17.6 Å². The average molecular weight is 390 g/mol. The van der Waals surface area contributed by atoms with Gasteiger partial charge in [-0.05, 0) is 72.6 Å². The van der Waals surface area contributed by atoms with Crippen molar-refractivity contribution in [3.05, 3.63) is 65.9 Å². The van der Waals surface area contributed by atoms with E-state index < -0.39 is 0 Å². The highest BCUT2D eigenvalue weighted by molar-refractivity contribution is 5.66. The molecule has 2 N–H and O–H groups in total. The molecule has 1 aliphatic carbocycles. The first-order chi connectivity index (χ1) is 14.3. The van der Waals surface area contributed by atoms with Crippen molar-refractivity contribution < 1.29 is 4.74 Å². The summed E-state index contributed by atoms with van der Waals surface area (Å²) in [6.45, 7) is 4.57. The molecule has 0 aromatic heterocycles. The second-order valence-electron chi connectivity index (χ2n) is 8.70. The quantitative estimate of drug-likeness (QED) is 0.731. The number of rotatable bonds is 6. The summed E-state index contributed by atoms with van der Waals surface area (Å²) in [5.41, 5.74) is 9.92. The van der Waals surface area contributed by atoms with E-state index in [0.717, 1.165) is 48.4 Å². The molecule has 0 radical (unpaired) electrons. The van der Waals surface area contributed by atoms with Crippen molar-refractivity contribution in [2.75, 3.05) is 31.1 Å². The first-order valence-electron chi connectivity index (χ1n) is 11.0. The Morgan fingerprint density at radius 3 is 2.52 bits per heavy atom. The highest BCUT2D eigenvalue weighted by Gasteiger charge is 2.35. The molecule has 2 aromatic rings. The first-order valence-corrected chi connectivity index (χ1v) is 11.0. The molecule has 5 rings (SSSR count). The van der Waals surface area contributed by atoms with Gasteiger partial charge in [0.05, 0.1) is 6.61 Å². The SMILES string of the molecule is NC1c2ccccc2C=CN1c1ccc(OCCCN2CC3CCCC3C2)cc1. The molecule has 152 valence electrons. The second kappa shape index (κ2) is 8.21. The fourth-order valence-corrected chi connectivity index (χ4v) is 5.29. The molecule has 29 heavy (non-hydrogen) atoms. The van der Waals surface area contributed by atoms with E-state index in [1.54, 1.807) is 0 Å². The van der Waals surface area contributed by atoms with Gasteiger partial charge in [-0.2, -0.15) is 0 Å². The molecule has 0 bridgehead atoms. The van der Waals surface area contributed by atoms with Crippen LogP contribution in [0, 0.1) is 11.8 Å². The van der Waals surface area contributed by atoms with Crippen molar-refractivity contribution in [1.82, 2.24) is 4.90 Å². The molecular formula is C25H31N3O. The molecule has 4 nitrogen and oxygen atoms in total. The summed E-state index contributed by atoms with van der Waals surface area (Å²) in [6.07, 6.45) is 9.47. The Morgan fingerprint density at radius 1 is 0.966 bits per heavy atom. The number of likely N-dealkylation sites (tertiary alicyclic amines) is 1. The minimum absolute atomic E-state index is 0.164. The lowest BCUT2D eigenvalue weighted by Crippen LogP contribution is -2.32. The predicted molar refractivity (Wildman–Crippen MR) is 119 cm³/mol. The molecule has 3 atom stereocenters. The van der Waals surface area contributed by atoms with Crippen LogP contribution in [-0.4, -0.2) is 31.1 Å². The van der Waals surface area contributed by atoms with Crippen molar-refractivity contribution in [3.8, 4) is 5.75 Å². The molecule has 1 saturated carbocycles. The Bertz CT molecular complexity index is 851. The van der Waals surface area contributed by atoms with Crippen molar-refractivity contribution in [3.63, 3.8) is 0 Å². The van der Waals surface area contributed by atoms with E-state index in [1.807, 2.05) is 12.1 Å². The molecule has 0 spiro atoms. The summed E-state index contributed by atoms with van der Waals surface area (Å²) in [7, 11) is 0. The Labute approximate surface area is 173 Å². The van der Waals surface area contributed by atoms with Crippen molar-refractivity contribution >= 4 is 11.8 Å². The largest absolute Gasteiger partial charge is 0.494 e. The van der Waals surface area contributed by atoms with E-state index in [9.17, 15) is 0 Å². The van der Waals surface area contributed by atoms with Gasteiger partial charge >= 0.3 is 0 Å². The monoisotopic (exact) mass is 389 g/mol. The zero-order chi connectivity index (χ0) is 19.6.